The molecule has 1 heterocycles. The number of aliphatic hydroxyl groups is 1. The Morgan fingerprint density at radius 2 is 1.50 bits per heavy atom. The topological polar surface area (TPSA) is 159 Å². The number of benzene rings is 5. The van der Waals surface area contributed by atoms with Crippen LogP contribution < -0.4 is 25.1 Å². The lowest BCUT2D eigenvalue weighted by Crippen LogP contribution is -2.53. The number of rotatable bonds is 17. The standard InChI is InChI=1S/C42H42N6O6/c1-51-37-23-29(24-38(25-37)52-2)27-44-47-41(50)42(26-34-11-6-7-12-35(34)28-45-48-43)39(32-15-13-31(14-16-32)30-9-4-3-5-10-30)54-40(46-42)33-17-19-36(20-18-33)53-22-8-21-49/h3-7,9-20,23-25,39,44,49H,8,21-22,26-28H2,1-2H3,(H,47,50)/t39-,42-/m0/s1. The van der Waals surface area contributed by atoms with Gasteiger partial charge in [0, 0.05) is 42.5 Å². The number of aliphatic imine (C=N–C) groups is 1. The van der Waals surface area contributed by atoms with Crippen LogP contribution in [0.1, 0.15) is 40.3 Å². The molecule has 5 aromatic rings. The molecule has 276 valence electrons. The van der Waals surface area contributed by atoms with Gasteiger partial charge in [-0.15, -0.1) is 0 Å². The highest BCUT2D eigenvalue weighted by Gasteiger charge is 2.53. The van der Waals surface area contributed by atoms with E-state index in [0.29, 0.717) is 35.8 Å². The van der Waals surface area contributed by atoms with Crippen LogP contribution in [-0.2, 0) is 29.0 Å². The van der Waals surface area contributed by atoms with Crippen molar-refractivity contribution in [3.63, 3.8) is 0 Å². The molecule has 0 unspecified atom stereocenters. The Kier molecular flexibility index (Phi) is 12.4. The predicted octanol–water partition coefficient (Wildman–Crippen LogP) is 7.26. The second-order valence-electron chi connectivity index (χ2n) is 12.6. The van der Waals surface area contributed by atoms with E-state index in [1.165, 1.54) is 0 Å². The lowest BCUT2D eigenvalue weighted by molar-refractivity contribution is -0.130. The molecule has 0 spiro atoms. The fraction of sp³-hybridized carbons (Fsp3) is 0.238. The van der Waals surface area contributed by atoms with Crippen molar-refractivity contribution in [2.45, 2.75) is 37.6 Å². The summed E-state index contributed by atoms with van der Waals surface area (Å²) in [5.74, 6) is 1.73. The number of ether oxygens (including phenoxy) is 4. The second kappa shape index (κ2) is 17.9. The smallest absolute Gasteiger partial charge is 0.266 e. The summed E-state index contributed by atoms with van der Waals surface area (Å²) in [6.07, 6.45) is -0.216. The number of hydrazine groups is 1. The first-order valence-electron chi connectivity index (χ1n) is 17.5. The van der Waals surface area contributed by atoms with E-state index in [9.17, 15) is 4.79 Å². The Hall–Kier alpha value is -6.33. The zero-order chi connectivity index (χ0) is 37.8. The van der Waals surface area contributed by atoms with Gasteiger partial charge >= 0.3 is 0 Å². The van der Waals surface area contributed by atoms with E-state index in [-0.39, 0.29) is 32.0 Å². The van der Waals surface area contributed by atoms with Gasteiger partial charge in [0.1, 0.15) is 17.2 Å². The third-order valence-electron chi connectivity index (χ3n) is 9.14. The number of aliphatic hydroxyl groups excluding tert-OH is 1. The molecule has 2 atom stereocenters. The van der Waals surface area contributed by atoms with Crippen LogP contribution in [0.15, 0.2) is 131 Å². The molecule has 5 aromatic carbocycles. The van der Waals surface area contributed by atoms with Crippen molar-refractivity contribution in [3.8, 4) is 28.4 Å². The van der Waals surface area contributed by atoms with Crippen LogP contribution in [0.25, 0.3) is 21.6 Å². The first kappa shape index (κ1) is 37.4. The van der Waals surface area contributed by atoms with E-state index in [1.807, 2.05) is 115 Å². The van der Waals surface area contributed by atoms with Crippen LogP contribution in [0, 0.1) is 0 Å². The maximum absolute atomic E-state index is 14.9. The number of methoxy groups -OCH3 is 2. The van der Waals surface area contributed by atoms with Crippen molar-refractivity contribution in [1.82, 2.24) is 10.9 Å². The predicted molar refractivity (Wildman–Crippen MR) is 206 cm³/mol. The SMILES string of the molecule is COc1cc(CNNC(=O)[C@@]2(Cc3ccccc3CN=[N+]=[N-])N=C(c3ccc(OCCCO)cc3)O[C@H]2c2ccc(-c3ccccc3)cc2)cc(OC)c1. The monoisotopic (exact) mass is 726 g/mol. The van der Waals surface area contributed by atoms with Gasteiger partial charge < -0.3 is 24.1 Å². The number of carbonyl (C=O) groups is 1. The first-order chi connectivity index (χ1) is 26.5. The van der Waals surface area contributed by atoms with Gasteiger partial charge in [0.25, 0.3) is 5.91 Å². The minimum Gasteiger partial charge on any atom is -0.497 e. The molecular weight excluding hydrogens is 684 g/mol. The van der Waals surface area contributed by atoms with Crippen molar-refractivity contribution in [1.29, 1.82) is 0 Å². The normalized spacial score (nSPS) is 16.1. The van der Waals surface area contributed by atoms with Gasteiger partial charge in [-0.05, 0) is 75.3 Å². The molecular formula is C42H42N6O6. The summed E-state index contributed by atoms with van der Waals surface area (Å²) in [6, 6.07) is 38.3. The fourth-order valence-electron chi connectivity index (χ4n) is 6.35. The summed E-state index contributed by atoms with van der Waals surface area (Å²) in [4.78, 5) is 23.0. The van der Waals surface area contributed by atoms with Crippen molar-refractivity contribution in [2.75, 3.05) is 27.4 Å². The molecule has 0 bridgehead atoms. The highest BCUT2D eigenvalue weighted by atomic mass is 16.5. The summed E-state index contributed by atoms with van der Waals surface area (Å²) in [5, 5.41) is 13.0. The maximum atomic E-state index is 14.9. The van der Waals surface area contributed by atoms with Crippen molar-refractivity contribution < 1.29 is 28.8 Å². The number of hydrogen-bond donors (Lipinski definition) is 3. The Morgan fingerprint density at radius 3 is 2.17 bits per heavy atom. The Balaban J connectivity index is 1.41. The van der Waals surface area contributed by atoms with E-state index in [2.05, 4.69) is 20.9 Å². The number of nitrogens with zero attached hydrogens (tertiary/aromatic N) is 4. The van der Waals surface area contributed by atoms with Gasteiger partial charge in [-0.3, -0.25) is 10.2 Å². The van der Waals surface area contributed by atoms with Crippen molar-refractivity contribution >= 4 is 11.8 Å². The van der Waals surface area contributed by atoms with Gasteiger partial charge in [0.15, 0.2) is 11.6 Å². The summed E-state index contributed by atoms with van der Waals surface area (Å²) < 4.78 is 23.4. The van der Waals surface area contributed by atoms with Crippen molar-refractivity contribution in [3.05, 3.63) is 160 Å². The lowest BCUT2D eigenvalue weighted by atomic mass is 9.80. The average molecular weight is 727 g/mol. The van der Waals surface area contributed by atoms with E-state index in [0.717, 1.165) is 33.4 Å². The Labute approximate surface area is 314 Å². The summed E-state index contributed by atoms with van der Waals surface area (Å²) in [7, 11) is 3.16. The number of nitrogens with one attached hydrogen (secondary N) is 2. The molecule has 12 heteroatoms. The number of amides is 1. The number of hydrogen-bond acceptors (Lipinski definition) is 9. The van der Waals surface area contributed by atoms with Crippen LogP contribution in [0.4, 0.5) is 0 Å². The molecule has 1 aliphatic heterocycles. The van der Waals surface area contributed by atoms with Crippen molar-refractivity contribution in [2.24, 2.45) is 10.1 Å². The van der Waals surface area contributed by atoms with Crippen LogP contribution in [0.2, 0.25) is 0 Å². The van der Waals surface area contributed by atoms with Crippen LogP contribution in [-0.4, -0.2) is 49.9 Å². The molecule has 6 rings (SSSR count). The minimum absolute atomic E-state index is 0.0369. The first-order valence-corrected chi connectivity index (χ1v) is 17.5. The molecule has 54 heavy (non-hydrogen) atoms. The summed E-state index contributed by atoms with van der Waals surface area (Å²) in [5.41, 5.74) is 19.5. The molecule has 0 radical (unpaired) electrons. The minimum atomic E-state index is -1.52. The van der Waals surface area contributed by atoms with Gasteiger partial charge in [0.05, 0.1) is 27.4 Å². The van der Waals surface area contributed by atoms with E-state index in [1.54, 1.807) is 20.3 Å². The van der Waals surface area contributed by atoms with Crippen LogP contribution in [0.5, 0.6) is 17.2 Å². The highest BCUT2D eigenvalue weighted by molar-refractivity contribution is 6.01. The molecule has 0 fully saturated rings. The molecule has 0 aromatic heterocycles. The zero-order valence-corrected chi connectivity index (χ0v) is 30.1. The largest absolute Gasteiger partial charge is 0.497 e. The maximum Gasteiger partial charge on any atom is 0.266 e. The van der Waals surface area contributed by atoms with Gasteiger partial charge in [0.2, 0.25) is 5.90 Å². The van der Waals surface area contributed by atoms with Crippen LogP contribution >= 0.6 is 0 Å². The molecule has 0 saturated carbocycles. The molecule has 3 N–H and O–H groups in total. The molecule has 1 amide bonds. The van der Waals surface area contributed by atoms with E-state index in [4.69, 9.17) is 34.6 Å². The third-order valence-corrected chi connectivity index (χ3v) is 9.14. The van der Waals surface area contributed by atoms with Crippen LogP contribution in [0.3, 0.4) is 0 Å². The van der Waals surface area contributed by atoms with Gasteiger partial charge in [-0.1, -0.05) is 84.0 Å². The van der Waals surface area contributed by atoms with E-state index >= 15 is 0 Å². The van der Waals surface area contributed by atoms with E-state index < -0.39 is 17.6 Å². The quantitative estimate of drug-likeness (QED) is 0.0299. The Morgan fingerprint density at radius 1 is 0.852 bits per heavy atom. The number of azide groups is 1. The highest BCUT2D eigenvalue weighted by Crippen LogP contribution is 2.43. The molecule has 0 saturated heterocycles. The third kappa shape index (κ3) is 8.82. The fourth-order valence-corrected chi connectivity index (χ4v) is 6.35. The Bertz CT molecular complexity index is 2080. The number of carbonyl (C=O) groups excluding carboxylic acids is 1. The molecule has 12 nitrogen and oxygen atoms in total. The summed E-state index contributed by atoms with van der Waals surface area (Å²) >= 11 is 0. The lowest BCUT2D eigenvalue weighted by Gasteiger charge is -2.31. The second-order valence-corrected chi connectivity index (χ2v) is 12.6. The molecule has 0 aliphatic carbocycles. The molecule has 1 aliphatic rings. The van der Waals surface area contributed by atoms with Gasteiger partial charge in [-0.25, -0.2) is 10.4 Å². The summed E-state index contributed by atoms with van der Waals surface area (Å²) in [6.45, 7) is 0.776. The average Bonchev–Trinajstić information content (AvgIpc) is 3.61. The zero-order valence-electron chi connectivity index (χ0n) is 30.1. The van der Waals surface area contributed by atoms with Gasteiger partial charge in [-0.2, -0.15) is 0 Å².